The number of hydrogen-bond donors (Lipinski definition) is 1. The van der Waals surface area contributed by atoms with Crippen molar-refractivity contribution in [3.63, 3.8) is 0 Å². The molecule has 0 aliphatic heterocycles. The van der Waals surface area contributed by atoms with E-state index in [1.54, 1.807) is 6.92 Å². The fraction of sp³-hybridized carbons (Fsp3) is 0.846. The van der Waals surface area contributed by atoms with Gasteiger partial charge >= 0.3 is 12.3 Å². The van der Waals surface area contributed by atoms with Gasteiger partial charge in [0.2, 0.25) is 0 Å². The normalized spacial score (nSPS) is 13.1. The number of carbonyl (C=O) groups is 2. The highest BCUT2D eigenvalue weighted by atomic mass is 16.7. The summed E-state index contributed by atoms with van der Waals surface area (Å²) in [5, 5.41) is 8.89. The molecule has 0 aromatic heterocycles. The van der Waals surface area contributed by atoms with Gasteiger partial charge < -0.3 is 28.8 Å². The van der Waals surface area contributed by atoms with Gasteiger partial charge in [-0.15, -0.1) is 0 Å². The molecule has 0 saturated carbocycles. The first-order chi connectivity index (χ1) is 9.95. The lowest BCUT2D eigenvalue weighted by molar-refractivity contribution is 0.00645. The van der Waals surface area contributed by atoms with E-state index in [-0.39, 0.29) is 32.5 Å². The molecule has 8 heteroatoms. The summed E-state index contributed by atoms with van der Waals surface area (Å²) in [5.41, 5.74) is 0. The van der Waals surface area contributed by atoms with Crippen LogP contribution in [0.2, 0.25) is 0 Å². The Morgan fingerprint density at radius 3 is 1.81 bits per heavy atom. The zero-order chi connectivity index (χ0) is 16.1. The quantitative estimate of drug-likeness (QED) is 0.478. The van der Waals surface area contributed by atoms with E-state index in [0.717, 1.165) is 0 Å². The summed E-state index contributed by atoms with van der Waals surface area (Å²) < 4.78 is 23.8. The first kappa shape index (κ1) is 19.5. The van der Waals surface area contributed by atoms with Crippen molar-refractivity contribution in [1.82, 2.24) is 0 Å². The predicted octanol–water partition coefficient (Wildman–Crippen LogP) is 1.49. The second-order valence-electron chi connectivity index (χ2n) is 4.42. The molecule has 1 N–H and O–H groups in total. The van der Waals surface area contributed by atoms with Gasteiger partial charge in [0.25, 0.3) is 0 Å². The Morgan fingerprint density at radius 2 is 1.38 bits per heavy atom. The minimum atomic E-state index is -0.829. The fourth-order valence-corrected chi connectivity index (χ4v) is 1.04. The highest BCUT2D eigenvalue weighted by molar-refractivity contribution is 5.60. The van der Waals surface area contributed by atoms with Crippen LogP contribution < -0.4 is 0 Å². The van der Waals surface area contributed by atoms with Crippen molar-refractivity contribution >= 4 is 12.3 Å². The molecule has 2 unspecified atom stereocenters. The third-order valence-corrected chi connectivity index (χ3v) is 2.26. The first-order valence-corrected chi connectivity index (χ1v) is 6.75. The molecule has 0 heterocycles. The number of methoxy groups -OCH3 is 1. The molecule has 21 heavy (non-hydrogen) atoms. The van der Waals surface area contributed by atoms with Crippen molar-refractivity contribution in [2.45, 2.75) is 38.9 Å². The van der Waals surface area contributed by atoms with Gasteiger partial charge in [-0.1, -0.05) is 0 Å². The molecule has 0 bridgehead atoms. The molecular weight excluding hydrogens is 284 g/mol. The number of ether oxygens (including phenoxy) is 5. The Kier molecular flexibility index (Phi) is 11.3. The zero-order valence-electron chi connectivity index (χ0n) is 12.7. The first-order valence-electron chi connectivity index (χ1n) is 6.75. The van der Waals surface area contributed by atoms with Crippen LogP contribution in [0, 0.1) is 0 Å². The number of aliphatic hydroxyl groups excluding tert-OH is 1. The van der Waals surface area contributed by atoms with Crippen LogP contribution in [0.5, 0.6) is 0 Å². The average Bonchev–Trinajstić information content (AvgIpc) is 2.45. The lowest BCUT2D eigenvalue weighted by Crippen LogP contribution is -2.18. The van der Waals surface area contributed by atoms with Crippen LogP contribution in [0.3, 0.4) is 0 Å². The number of hydrogen-bond acceptors (Lipinski definition) is 8. The zero-order valence-corrected chi connectivity index (χ0v) is 12.7. The molecule has 0 aliphatic carbocycles. The average molecular weight is 308 g/mol. The van der Waals surface area contributed by atoms with E-state index in [4.69, 9.17) is 24.1 Å². The number of unbranched alkanes of at least 4 members (excludes halogenated alkanes) is 1. The Bertz CT molecular complexity index is 292. The van der Waals surface area contributed by atoms with Gasteiger partial charge in [-0.2, -0.15) is 0 Å². The van der Waals surface area contributed by atoms with Gasteiger partial charge in [0.1, 0.15) is 13.2 Å². The van der Waals surface area contributed by atoms with Gasteiger partial charge in [0.05, 0.1) is 25.4 Å². The molecular formula is C13H24O8. The molecule has 0 aliphatic rings. The predicted molar refractivity (Wildman–Crippen MR) is 72.0 cm³/mol. The Labute approximate surface area is 124 Å². The van der Waals surface area contributed by atoms with Crippen LogP contribution >= 0.6 is 0 Å². The third-order valence-electron chi connectivity index (χ3n) is 2.26. The van der Waals surface area contributed by atoms with Crippen molar-refractivity contribution in [3.8, 4) is 0 Å². The van der Waals surface area contributed by atoms with Crippen LogP contribution in [0.25, 0.3) is 0 Å². The summed E-state index contributed by atoms with van der Waals surface area (Å²) in [6.07, 6.45) is -1.44. The minimum absolute atomic E-state index is 0.103. The van der Waals surface area contributed by atoms with Gasteiger partial charge in [-0.3, -0.25) is 0 Å². The highest BCUT2D eigenvalue weighted by Gasteiger charge is 2.08. The Morgan fingerprint density at radius 1 is 0.905 bits per heavy atom. The standard InChI is InChI=1S/C13H24O8/c1-10(14)8-20-12(15)18-6-4-5-7-19-13(16)21-9-11(2)17-3/h10-11,14H,4-9H2,1-3H3. The maximum absolute atomic E-state index is 11.1. The molecule has 0 rings (SSSR count). The number of carbonyl (C=O) groups excluding carboxylic acids is 2. The second-order valence-corrected chi connectivity index (χ2v) is 4.42. The molecule has 0 aromatic rings. The van der Waals surface area contributed by atoms with Crippen molar-refractivity contribution in [3.05, 3.63) is 0 Å². The van der Waals surface area contributed by atoms with E-state index in [0.29, 0.717) is 12.8 Å². The fourth-order valence-electron chi connectivity index (χ4n) is 1.04. The van der Waals surface area contributed by atoms with E-state index in [9.17, 15) is 9.59 Å². The van der Waals surface area contributed by atoms with Crippen molar-refractivity contribution < 1.29 is 38.4 Å². The van der Waals surface area contributed by atoms with Crippen LogP contribution in [-0.4, -0.2) is 63.2 Å². The molecule has 124 valence electrons. The van der Waals surface area contributed by atoms with Gasteiger partial charge in [0, 0.05) is 7.11 Å². The van der Waals surface area contributed by atoms with Crippen molar-refractivity contribution in [2.75, 3.05) is 33.5 Å². The second kappa shape index (κ2) is 12.2. The molecule has 0 amide bonds. The summed E-state index contributed by atoms with van der Waals surface area (Å²) in [6.45, 7) is 3.61. The van der Waals surface area contributed by atoms with Crippen LogP contribution in [0.4, 0.5) is 9.59 Å². The van der Waals surface area contributed by atoms with E-state index in [2.05, 4.69) is 4.74 Å². The summed E-state index contributed by atoms with van der Waals surface area (Å²) in [6, 6.07) is 0. The molecule has 0 saturated heterocycles. The maximum Gasteiger partial charge on any atom is 0.508 e. The molecule has 8 nitrogen and oxygen atoms in total. The van der Waals surface area contributed by atoms with E-state index in [1.165, 1.54) is 14.0 Å². The van der Waals surface area contributed by atoms with E-state index < -0.39 is 18.4 Å². The minimum Gasteiger partial charge on any atom is -0.434 e. The summed E-state index contributed by atoms with van der Waals surface area (Å²) in [5.74, 6) is 0. The van der Waals surface area contributed by atoms with Crippen LogP contribution in [0.15, 0.2) is 0 Å². The summed E-state index contributed by atoms with van der Waals surface area (Å²) in [4.78, 5) is 22.1. The molecule has 0 aromatic carbocycles. The molecule has 2 atom stereocenters. The number of rotatable bonds is 10. The topological polar surface area (TPSA) is 101 Å². The summed E-state index contributed by atoms with van der Waals surface area (Å²) >= 11 is 0. The van der Waals surface area contributed by atoms with Gasteiger partial charge in [0.15, 0.2) is 0 Å². The monoisotopic (exact) mass is 308 g/mol. The van der Waals surface area contributed by atoms with E-state index >= 15 is 0 Å². The lowest BCUT2D eigenvalue weighted by atomic mass is 10.3. The molecule has 0 fully saturated rings. The number of aliphatic hydroxyl groups is 1. The maximum atomic E-state index is 11.1. The largest absolute Gasteiger partial charge is 0.508 e. The smallest absolute Gasteiger partial charge is 0.434 e. The van der Waals surface area contributed by atoms with Gasteiger partial charge in [-0.05, 0) is 26.7 Å². The molecule has 0 radical (unpaired) electrons. The molecule has 0 spiro atoms. The summed E-state index contributed by atoms with van der Waals surface area (Å²) in [7, 11) is 1.52. The van der Waals surface area contributed by atoms with Crippen molar-refractivity contribution in [2.24, 2.45) is 0 Å². The highest BCUT2D eigenvalue weighted by Crippen LogP contribution is 1.97. The van der Waals surface area contributed by atoms with Crippen LogP contribution in [0.1, 0.15) is 26.7 Å². The lowest BCUT2D eigenvalue weighted by Gasteiger charge is -2.10. The van der Waals surface area contributed by atoms with Gasteiger partial charge in [-0.25, -0.2) is 9.59 Å². The van der Waals surface area contributed by atoms with E-state index in [1.807, 2.05) is 0 Å². The third kappa shape index (κ3) is 13.2. The Balaban J connectivity index is 3.39. The van der Waals surface area contributed by atoms with Crippen LogP contribution in [-0.2, 0) is 23.7 Å². The van der Waals surface area contributed by atoms with Crippen molar-refractivity contribution in [1.29, 1.82) is 0 Å². The SMILES string of the molecule is COC(C)COC(=O)OCCCCOC(=O)OCC(C)O. The Hall–Kier alpha value is -1.54.